The number of fused-ring (bicyclic) bond motifs is 1. The number of methoxy groups -OCH3 is 1. The minimum atomic E-state index is -0.400. The van der Waals surface area contributed by atoms with Crippen LogP contribution in [0.1, 0.15) is 25.3 Å². The van der Waals surface area contributed by atoms with Crippen LogP contribution in [0.2, 0.25) is 0 Å². The summed E-state index contributed by atoms with van der Waals surface area (Å²) >= 11 is 1.39. The summed E-state index contributed by atoms with van der Waals surface area (Å²) in [5.74, 6) is 1.27. The fourth-order valence-electron chi connectivity index (χ4n) is 4.35. The van der Waals surface area contributed by atoms with Crippen molar-refractivity contribution in [1.29, 1.82) is 0 Å². The molecule has 182 valence electrons. The second-order valence-corrected chi connectivity index (χ2v) is 10.1. The highest BCUT2D eigenvalue weighted by molar-refractivity contribution is 8.00. The molecular formula is C26H29N5O3S. The number of hydrogen-bond donors (Lipinski definition) is 2. The third-order valence-electron chi connectivity index (χ3n) is 6.22. The van der Waals surface area contributed by atoms with E-state index in [4.69, 9.17) is 9.47 Å². The zero-order chi connectivity index (χ0) is 24.4. The van der Waals surface area contributed by atoms with Gasteiger partial charge >= 0.3 is 0 Å². The van der Waals surface area contributed by atoms with Crippen LogP contribution in [0.4, 0.5) is 5.69 Å². The number of carbonyl (C=O) groups excluding carboxylic acids is 1. The molecule has 1 aliphatic rings. The molecule has 2 aromatic heterocycles. The number of aromatic nitrogens is 4. The lowest BCUT2D eigenvalue weighted by Gasteiger charge is -2.17. The monoisotopic (exact) mass is 491 g/mol. The maximum atomic E-state index is 13.1. The lowest BCUT2D eigenvalue weighted by molar-refractivity contribution is -0.115. The van der Waals surface area contributed by atoms with Gasteiger partial charge in [0, 0.05) is 29.3 Å². The summed E-state index contributed by atoms with van der Waals surface area (Å²) in [6.07, 6.45) is 4.12. The Kier molecular flexibility index (Phi) is 6.79. The van der Waals surface area contributed by atoms with Crippen molar-refractivity contribution < 1.29 is 14.3 Å². The molecular weight excluding hydrogens is 462 g/mol. The van der Waals surface area contributed by atoms with Crippen LogP contribution in [0.3, 0.4) is 0 Å². The summed E-state index contributed by atoms with van der Waals surface area (Å²) in [5.41, 5.74) is 3.73. The molecule has 8 nitrogen and oxygen atoms in total. The predicted octanol–water partition coefficient (Wildman–Crippen LogP) is 5.04. The van der Waals surface area contributed by atoms with E-state index in [1.54, 1.807) is 7.11 Å². The van der Waals surface area contributed by atoms with E-state index >= 15 is 0 Å². The van der Waals surface area contributed by atoms with E-state index in [9.17, 15) is 4.79 Å². The first-order valence-corrected chi connectivity index (χ1v) is 12.6. The van der Waals surface area contributed by atoms with Crippen molar-refractivity contribution in [2.75, 3.05) is 19.0 Å². The molecule has 2 unspecified atom stereocenters. The molecule has 35 heavy (non-hydrogen) atoms. The zero-order valence-electron chi connectivity index (χ0n) is 20.1. The van der Waals surface area contributed by atoms with Gasteiger partial charge in [-0.25, -0.2) is 0 Å². The lowest BCUT2D eigenvalue weighted by atomic mass is 10.1. The van der Waals surface area contributed by atoms with Crippen LogP contribution in [0.25, 0.3) is 22.3 Å². The third-order valence-corrected chi connectivity index (χ3v) is 7.30. The van der Waals surface area contributed by atoms with E-state index in [0.29, 0.717) is 23.1 Å². The molecule has 5 rings (SSSR count). The van der Waals surface area contributed by atoms with Crippen molar-refractivity contribution in [3.63, 3.8) is 0 Å². The highest BCUT2D eigenvalue weighted by atomic mass is 32.2. The first kappa shape index (κ1) is 23.4. The molecule has 1 amide bonds. The Labute approximate surface area is 208 Å². The fourth-order valence-corrected chi connectivity index (χ4v) is 5.21. The van der Waals surface area contributed by atoms with E-state index in [-0.39, 0.29) is 12.0 Å². The first-order valence-electron chi connectivity index (χ1n) is 11.8. The van der Waals surface area contributed by atoms with Gasteiger partial charge in [-0.2, -0.15) is 0 Å². The maximum Gasteiger partial charge on any atom is 0.237 e. The van der Waals surface area contributed by atoms with Crippen molar-refractivity contribution in [2.45, 2.75) is 49.7 Å². The quantitative estimate of drug-likeness (QED) is 0.335. The molecule has 1 saturated heterocycles. The van der Waals surface area contributed by atoms with Crippen LogP contribution in [-0.2, 0) is 16.1 Å². The smallest absolute Gasteiger partial charge is 0.237 e. The second-order valence-electron chi connectivity index (χ2n) is 8.75. The number of aromatic amines is 1. The lowest BCUT2D eigenvalue weighted by Crippen LogP contribution is -2.24. The number of rotatable bonds is 8. The van der Waals surface area contributed by atoms with Gasteiger partial charge in [0.15, 0.2) is 11.0 Å². The molecule has 9 heteroatoms. The molecule has 0 spiro atoms. The van der Waals surface area contributed by atoms with Crippen LogP contribution in [0.5, 0.6) is 5.75 Å². The van der Waals surface area contributed by atoms with Crippen molar-refractivity contribution >= 4 is 34.3 Å². The number of thioether (sulfide) groups is 1. The van der Waals surface area contributed by atoms with Gasteiger partial charge in [-0.05, 0) is 50.5 Å². The maximum absolute atomic E-state index is 13.1. The number of H-pyrrole nitrogens is 1. The van der Waals surface area contributed by atoms with E-state index in [1.165, 1.54) is 11.8 Å². The van der Waals surface area contributed by atoms with Crippen molar-refractivity contribution in [2.24, 2.45) is 0 Å². The van der Waals surface area contributed by atoms with Crippen LogP contribution < -0.4 is 10.1 Å². The van der Waals surface area contributed by atoms with Crippen molar-refractivity contribution in [1.82, 2.24) is 19.7 Å². The number of aryl methyl sites for hydroxylation is 1. The Hall–Kier alpha value is -3.30. The molecule has 0 saturated carbocycles. The fraction of sp³-hybridized carbons (Fsp3) is 0.346. The number of nitrogens with one attached hydrogen (secondary N) is 2. The van der Waals surface area contributed by atoms with Gasteiger partial charge in [-0.3, -0.25) is 9.36 Å². The van der Waals surface area contributed by atoms with Crippen LogP contribution in [0, 0.1) is 6.92 Å². The number of carbonyl (C=O) groups is 1. The molecule has 1 aliphatic heterocycles. The van der Waals surface area contributed by atoms with Crippen molar-refractivity contribution in [3.8, 4) is 17.1 Å². The third kappa shape index (κ3) is 4.92. The van der Waals surface area contributed by atoms with Gasteiger partial charge in [0.25, 0.3) is 0 Å². The van der Waals surface area contributed by atoms with E-state index in [2.05, 4.69) is 31.1 Å². The average molecular weight is 492 g/mol. The predicted molar refractivity (Wildman–Crippen MR) is 138 cm³/mol. The highest BCUT2D eigenvalue weighted by Crippen LogP contribution is 2.33. The van der Waals surface area contributed by atoms with Crippen LogP contribution in [-0.4, -0.2) is 50.7 Å². The van der Waals surface area contributed by atoms with E-state index in [1.807, 2.05) is 56.4 Å². The first-order chi connectivity index (χ1) is 17.0. The molecule has 0 radical (unpaired) electrons. The van der Waals surface area contributed by atoms with Gasteiger partial charge in [-0.15, -0.1) is 10.2 Å². The number of amides is 1. The Morgan fingerprint density at radius 2 is 2.17 bits per heavy atom. The largest absolute Gasteiger partial charge is 0.495 e. The molecule has 0 aliphatic carbocycles. The second kappa shape index (κ2) is 10.1. The highest BCUT2D eigenvalue weighted by Gasteiger charge is 2.26. The van der Waals surface area contributed by atoms with Gasteiger partial charge < -0.3 is 19.8 Å². The molecule has 2 atom stereocenters. The minimum absolute atomic E-state index is 0.106. The van der Waals surface area contributed by atoms with Gasteiger partial charge in [0.05, 0.1) is 30.7 Å². The Morgan fingerprint density at radius 1 is 1.31 bits per heavy atom. The number of para-hydroxylation sites is 1. The minimum Gasteiger partial charge on any atom is -0.495 e. The number of hydrogen-bond acceptors (Lipinski definition) is 6. The molecule has 2 aromatic carbocycles. The summed E-state index contributed by atoms with van der Waals surface area (Å²) in [4.78, 5) is 16.4. The Balaban J connectivity index is 1.42. The summed E-state index contributed by atoms with van der Waals surface area (Å²) in [6, 6.07) is 13.8. The number of ether oxygens (including phenoxy) is 2. The molecule has 4 aromatic rings. The average Bonchev–Trinajstić information content (AvgIpc) is 3.60. The number of benzene rings is 2. The van der Waals surface area contributed by atoms with Gasteiger partial charge in [-0.1, -0.05) is 36.0 Å². The molecule has 2 N–H and O–H groups in total. The summed E-state index contributed by atoms with van der Waals surface area (Å²) in [5, 5.41) is 13.4. The van der Waals surface area contributed by atoms with Gasteiger partial charge in [0.1, 0.15) is 5.75 Å². The SMILES string of the molecule is COc1ccc(C)cc1NC(=O)C(C)Sc1nnc(-c2c[nH]c3ccccc23)n1CC1CCCO1. The van der Waals surface area contributed by atoms with E-state index in [0.717, 1.165) is 47.3 Å². The number of anilines is 1. The Bertz CT molecular complexity index is 1340. The van der Waals surface area contributed by atoms with Crippen LogP contribution >= 0.6 is 11.8 Å². The van der Waals surface area contributed by atoms with Gasteiger partial charge in [0.2, 0.25) is 5.91 Å². The normalized spacial score (nSPS) is 16.5. The van der Waals surface area contributed by atoms with E-state index < -0.39 is 5.25 Å². The molecule has 3 heterocycles. The zero-order valence-corrected chi connectivity index (χ0v) is 20.9. The summed E-state index contributed by atoms with van der Waals surface area (Å²) in [6.45, 7) is 5.27. The van der Waals surface area contributed by atoms with Crippen molar-refractivity contribution in [3.05, 3.63) is 54.2 Å². The summed E-state index contributed by atoms with van der Waals surface area (Å²) in [7, 11) is 1.60. The Morgan fingerprint density at radius 3 is 2.97 bits per heavy atom. The molecule has 0 bridgehead atoms. The summed E-state index contributed by atoms with van der Waals surface area (Å²) < 4.78 is 13.4. The molecule has 1 fully saturated rings. The topological polar surface area (TPSA) is 94.1 Å². The number of nitrogens with zero attached hydrogens (tertiary/aromatic N) is 3. The van der Waals surface area contributed by atoms with Crippen LogP contribution in [0.15, 0.2) is 53.8 Å². The standard InChI is InChI=1S/C26H29N5O3S/c1-16-10-11-23(33-3)22(13-16)28-25(32)17(2)35-26-30-29-24(31(26)15-18-7-6-12-34-18)20-14-27-21-9-5-4-8-19(20)21/h4-5,8-11,13-14,17-18,27H,6-7,12,15H2,1-3H3,(H,28,32).